The van der Waals surface area contributed by atoms with Crippen molar-refractivity contribution in [1.29, 1.82) is 0 Å². The fraction of sp³-hybridized carbons (Fsp3) is 0.375. The summed E-state index contributed by atoms with van der Waals surface area (Å²) in [6.45, 7) is 3.79. The molecule has 0 saturated carbocycles. The second-order valence-electron chi connectivity index (χ2n) is 5.69. The van der Waals surface area contributed by atoms with Gasteiger partial charge in [0.2, 0.25) is 0 Å². The van der Waals surface area contributed by atoms with Crippen LogP contribution in [0.2, 0.25) is 5.02 Å². The van der Waals surface area contributed by atoms with Crippen molar-refractivity contribution in [2.24, 2.45) is 5.73 Å². The molecule has 112 valence electrons. The Morgan fingerprint density at radius 2 is 2.14 bits per heavy atom. The maximum absolute atomic E-state index is 11.7. The fourth-order valence-electron chi connectivity index (χ4n) is 2.46. The van der Waals surface area contributed by atoms with E-state index in [0.717, 1.165) is 16.5 Å². The maximum atomic E-state index is 11.7. The molecule has 2 rings (SSSR count). The summed E-state index contributed by atoms with van der Waals surface area (Å²) in [7, 11) is 1.38. The van der Waals surface area contributed by atoms with Gasteiger partial charge in [-0.1, -0.05) is 17.7 Å². The van der Waals surface area contributed by atoms with Gasteiger partial charge in [-0.15, -0.1) is 0 Å². The van der Waals surface area contributed by atoms with Gasteiger partial charge >= 0.3 is 5.97 Å². The third-order valence-corrected chi connectivity index (χ3v) is 3.95. The lowest BCUT2D eigenvalue weighted by Gasteiger charge is -2.31. The van der Waals surface area contributed by atoms with Crippen LogP contribution in [0.3, 0.4) is 0 Å². The van der Waals surface area contributed by atoms with Gasteiger partial charge in [-0.25, -0.2) is 0 Å². The Hall–Kier alpha value is -1.65. The number of esters is 1. The monoisotopic (exact) mass is 306 g/mol. The van der Waals surface area contributed by atoms with Crippen LogP contribution in [-0.4, -0.2) is 23.6 Å². The maximum Gasteiger partial charge on any atom is 0.306 e. The first-order valence-corrected chi connectivity index (χ1v) is 7.11. The van der Waals surface area contributed by atoms with E-state index in [1.54, 1.807) is 6.20 Å². The molecule has 0 bridgehead atoms. The highest BCUT2D eigenvalue weighted by Crippen LogP contribution is 2.36. The molecule has 1 aromatic heterocycles. The number of nitrogens with zero attached hydrogens (tertiary/aromatic N) is 1. The molecule has 2 N–H and O–H groups in total. The zero-order valence-corrected chi connectivity index (χ0v) is 13.1. The Labute approximate surface area is 129 Å². The van der Waals surface area contributed by atoms with Gasteiger partial charge in [-0.05, 0) is 37.6 Å². The summed E-state index contributed by atoms with van der Waals surface area (Å²) in [5, 5.41) is 1.49. The first-order chi connectivity index (χ1) is 9.84. The zero-order chi connectivity index (χ0) is 15.6. The standard InChI is InChI=1S/C16H19ClN2O2/c1-16(2,18)12(9-14(20)21-3)10-6-7-13(17)11-5-4-8-19-15(10)11/h4-8,12H,9,18H2,1-3H3. The SMILES string of the molecule is COC(=O)CC(c1ccc(Cl)c2cccnc12)C(C)(C)N. The van der Waals surface area contributed by atoms with E-state index in [0.29, 0.717) is 5.02 Å². The van der Waals surface area contributed by atoms with E-state index in [1.165, 1.54) is 7.11 Å². The first kappa shape index (κ1) is 15.7. The number of nitrogens with two attached hydrogens (primary N) is 1. The van der Waals surface area contributed by atoms with Crippen LogP contribution in [0.25, 0.3) is 10.9 Å². The van der Waals surface area contributed by atoms with Gasteiger partial charge in [0.05, 0.1) is 19.0 Å². The summed E-state index contributed by atoms with van der Waals surface area (Å²) in [6, 6.07) is 7.45. The molecule has 1 unspecified atom stereocenters. The molecule has 21 heavy (non-hydrogen) atoms. The number of carbonyl (C=O) groups is 1. The lowest BCUT2D eigenvalue weighted by molar-refractivity contribution is -0.141. The van der Waals surface area contributed by atoms with Crippen LogP contribution in [0.1, 0.15) is 31.7 Å². The molecular weight excluding hydrogens is 288 g/mol. The van der Waals surface area contributed by atoms with Crippen molar-refractivity contribution in [2.75, 3.05) is 7.11 Å². The third kappa shape index (κ3) is 3.34. The molecule has 2 aromatic rings. The van der Waals surface area contributed by atoms with Crippen molar-refractivity contribution in [2.45, 2.75) is 31.7 Å². The van der Waals surface area contributed by atoms with E-state index in [9.17, 15) is 4.79 Å². The van der Waals surface area contributed by atoms with E-state index < -0.39 is 5.54 Å². The Bertz CT molecular complexity index is 665. The minimum atomic E-state index is -0.591. The number of hydrogen-bond donors (Lipinski definition) is 1. The lowest BCUT2D eigenvalue weighted by atomic mass is 9.79. The number of methoxy groups -OCH3 is 1. The van der Waals surface area contributed by atoms with Crippen molar-refractivity contribution >= 4 is 28.5 Å². The van der Waals surface area contributed by atoms with Crippen LogP contribution >= 0.6 is 11.6 Å². The van der Waals surface area contributed by atoms with Crippen LogP contribution in [0, 0.1) is 0 Å². The van der Waals surface area contributed by atoms with Gasteiger partial charge in [0, 0.05) is 28.1 Å². The molecule has 0 saturated heterocycles. The summed E-state index contributed by atoms with van der Waals surface area (Å²) in [4.78, 5) is 16.1. The normalized spacial score (nSPS) is 13.2. The van der Waals surface area contributed by atoms with E-state index in [1.807, 2.05) is 38.1 Å². The number of fused-ring (bicyclic) bond motifs is 1. The van der Waals surface area contributed by atoms with Crippen LogP contribution < -0.4 is 5.73 Å². The van der Waals surface area contributed by atoms with Gasteiger partial charge in [-0.3, -0.25) is 9.78 Å². The quantitative estimate of drug-likeness (QED) is 0.880. The summed E-state index contributed by atoms with van der Waals surface area (Å²) in [6.07, 6.45) is 1.91. The zero-order valence-electron chi connectivity index (χ0n) is 12.4. The Morgan fingerprint density at radius 3 is 2.76 bits per heavy atom. The minimum absolute atomic E-state index is 0.202. The number of aromatic nitrogens is 1. The lowest BCUT2D eigenvalue weighted by Crippen LogP contribution is -2.40. The van der Waals surface area contributed by atoms with Crippen molar-refractivity contribution in [3.8, 4) is 0 Å². The fourth-order valence-corrected chi connectivity index (χ4v) is 2.68. The van der Waals surface area contributed by atoms with Crippen LogP contribution in [-0.2, 0) is 9.53 Å². The molecule has 0 radical (unpaired) electrons. The van der Waals surface area contributed by atoms with Gasteiger partial charge < -0.3 is 10.5 Å². The van der Waals surface area contributed by atoms with Gasteiger partial charge in [0.25, 0.3) is 0 Å². The molecule has 1 aromatic carbocycles. The van der Waals surface area contributed by atoms with E-state index in [-0.39, 0.29) is 18.3 Å². The Kier molecular flexibility index (Phi) is 4.49. The predicted octanol–water partition coefficient (Wildman–Crippen LogP) is 3.27. The van der Waals surface area contributed by atoms with Gasteiger partial charge in [0.1, 0.15) is 0 Å². The summed E-state index contributed by atoms with van der Waals surface area (Å²) >= 11 is 6.22. The highest BCUT2D eigenvalue weighted by Gasteiger charge is 2.31. The molecule has 1 heterocycles. The number of ether oxygens (including phenoxy) is 1. The predicted molar refractivity (Wildman–Crippen MR) is 84.4 cm³/mol. The molecule has 5 heteroatoms. The topological polar surface area (TPSA) is 65.2 Å². The molecule has 0 aliphatic heterocycles. The molecule has 0 fully saturated rings. The minimum Gasteiger partial charge on any atom is -0.469 e. The Balaban J connectivity index is 2.60. The average molecular weight is 307 g/mol. The molecular formula is C16H19ClN2O2. The molecule has 0 amide bonds. The largest absolute Gasteiger partial charge is 0.469 e. The van der Waals surface area contributed by atoms with Crippen molar-refractivity contribution < 1.29 is 9.53 Å². The number of pyridine rings is 1. The third-order valence-electron chi connectivity index (χ3n) is 3.62. The second-order valence-corrected chi connectivity index (χ2v) is 6.10. The van der Waals surface area contributed by atoms with E-state index in [4.69, 9.17) is 22.1 Å². The van der Waals surface area contributed by atoms with E-state index in [2.05, 4.69) is 4.98 Å². The summed E-state index contributed by atoms with van der Waals surface area (Å²) in [5.74, 6) is -0.503. The van der Waals surface area contributed by atoms with E-state index >= 15 is 0 Å². The Morgan fingerprint density at radius 1 is 1.43 bits per heavy atom. The average Bonchev–Trinajstić information content (AvgIpc) is 2.44. The van der Waals surface area contributed by atoms with Crippen molar-refractivity contribution in [3.63, 3.8) is 0 Å². The highest BCUT2D eigenvalue weighted by molar-refractivity contribution is 6.35. The first-order valence-electron chi connectivity index (χ1n) is 6.73. The summed E-state index contributed by atoms with van der Waals surface area (Å²) < 4.78 is 4.79. The smallest absolute Gasteiger partial charge is 0.306 e. The number of halogens is 1. The van der Waals surface area contributed by atoms with Gasteiger partial charge in [-0.2, -0.15) is 0 Å². The number of benzene rings is 1. The molecule has 1 atom stereocenters. The van der Waals surface area contributed by atoms with Gasteiger partial charge in [0.15, 0.2) is 0 Å². The highest BCUT2D eigenvalue weighted by atomic mass is 35.5. The number of rotatable bonds is 4. The van der Waals surface area contributed by atoms with Crippen molar-refractivity contribution in [1.82, 2.24) is 4.98 Å². The molecule has 4 nitrogen and oxygen atoms in total. The van der Waals surface area contributed by atoms with Crippen LogP contribution in [0.5, 0.6) is 0 Å². The summed E-state index contributed by atoms with van der Waals surface area (Å²) in [5.41, 5.74) is 7.37. The molecule has 0 aliphatic rings. The second kappa shape index (κ2) is 6.00. The van der Waals surface area contributed by atoms with Crippen LogP contribution in [0.4, 0.5) is 0 Å². The number of hydrogen-bond acceptors (Lipinski definition) is 4. The number of carbonyl (C=O) groups excluding carboxylic acids is 1. The molecule has 0 aliphatic carbocycles. The molecule has 0 spiro atoms. The van der Waals surface area contributed by atoms with Crippen molar-refractivity contribution in [3.05, 3.63) is 41.0 Å². The van der Waals surface area contributed by atoms with Crippen LogP contribution in [0.15, 0.2) is 30.5 Å².